The minimum Gasteiger partial charge on any atom is -0.350 e. The zero-order chi connectivity index (χ0) is 15.2. The zero-order valence-corrected chi connectivity index (χ0v) is 14.1. The second-order valence-electron chi connectivity index (χ2n) is 5.88. The quantitative estimate of drug-likeness (QED) is 0.815. The van der Waals surface area contributed by atoms with Crippen molar-refractivity contribution in [2.24, 2.45) is 13.0 Å². The lowest BCUT2D eigenvalue weighted by Gasteiger charge is -2.29. The number of carbonyl (C=O) groups is 1. The van der Waals surface area contributed by atoms with Crippen LogP contribution in [0.15, 0.2) is 11.4 Å². The van der Waals surface area contributed by atoms with E-state index in [-0.39, 0.29) is 5.91 Å². The Morgan fingerprint density at radius 2 is 2.33 bits per heavy atom. The third kappa shape index (κ3) is 4.74. The molecule has 0 unspecified atom stereocenters. The number of hydrogen-bond donors (Lipinski definition) is 1. The molecule has 2 rings (SSSR count). The van der Waals surface area contributed by atoms with Crippen molar-refractivity contribution in [3.8, 4) is 0 Å². The third-order valence-corrected chi connectivity index (χ3v) is 4.94. The number of hydrogen-bond acceptors (Lipinski definition) is 4. The van der Waals surface area contributed by atoms with Gasteiger partial charge in [0.1, 0.15) is 0 Å². The lowest BCUT2D eigenvalue weighted by atomic mass is 9.93. The maximum Gasteiger partial charge on any atom is 0.220 e. The average molecular weight is 310 g/mol. The summed E-state index contributed by atoms with van der Waals surface area (Å²) in [4.78, 5) is 18.6. The Balaban J connectivity index is 1.71. The summed E-state index contributed by atoms with van der Waals surface area (Å²) < 4.78 is 2.03. The van der Waals surface area contributed by atoms with Crippen molar-refractivity contribution in [3.05, 3.63) is 11.9 Å². The molecule has 0 spiro atoms. The smallest absolute Gasteiger partial charge is 0.220 e. The maximum atomic E-state index is 12.0. The van der Waals surface area contributed by atoms with Crippen molar-refractivity contribution < 1.29 is 4.79 Å². The molecule has 1 saturated heterocycles. The van der Waals surface area contributed by atoms with Crippen LogP contribution in [0.4, 0.5) is 0 Å². The first-order valence-corrected chi connectivity index (χ1v) is 8.82. The molecule has 2 heterocycles. The summed E-state index contributed by atoms with van der Waals surface area (Å²) in [5.41, 5.74) is 1.05. The van der Waals surface area contributed by atoms with E-state index in [2.05, 4.69) is 22.2 Å². The summed E-state index contributed by atoms with van der Waals surface area (Å²) in [6.45, 7) is 2.89. The summed E-state index contributed by atoms with van der Waals surface area (Å²) >= 11 is 1.61. The van der Waals surface area contributed by atoms with E-state index < -0.39 is 0 Å². The Bertz CT molecular complexity index is 474. The second-order valence-corrected chi connectivity index (χ2v) is 6.65. The summed E-state index contributed by atoms with van der Waals surface area (Å²) in [6, 6.07) is 0. The largest absolute Gasteiger partial charge is 0.350 e. The summed E-state index contributed by atoms with van der Waals surface area (Å²) in [6.07, 6.45) is 7.99. The molecule has 0 saturated carbocycles. The van der Waals surface area contributed by atoms with Gasteiger partial charge >= 0.3 is 0 Å². The number of rotatable bonds is 6. The van der Waals surface area contributed by atoms with Gasteiger partial charge < -0.3 is 14.8 Å². The molecule has 0 bridgehead atoms. The van der Waals surface area contributed by atoms with Crippen molar-refractivity contribution in [1.82, 2.24) is 19.8 Å². The number of thioether (sulfide) groups is 1. The Labute approximate surface area is 131 Å². The molecule has 1 aromatic heterocycles. The van der Waals surface area contributed by atoms with Gasteiger partial charge in [0, 0.05) is 20.0 Å². The number of imidazole rings is 1. The van der Waals surface area contributed by atoms with E-state index in [1.54, 1.807) is 11.8 Å². The van der Waals surface area contributed by atoms with Gasteiger partial charge in [-0.3, -0.25) is 4.79 Å². The van der Waals surface area contributed by atoms with Crippen LogP contribution in [-0.2, 0) is 18.4 Å². The SMILES string of the molecule is CSc1ncc(CNC(=O)CC[C@H]2CCCN(C)C2)n1C. The molecular formula is C15H26N4OS. The lowest BCUT2D eigenvalue weighted by Crippen LogP contribution is -2.33. The maximum absolute atomic E-state index is 12.0. The topological polar surface area (TPSA) is 50.2 Å². The lowest BCUT2D eigenvalue weighted by molar-refractivity contribution is -0.121. The van der Waals surface area contributed by atoms with Crippen LogP contribution >= 0.6 is 11.8 Å². The van der Waals surface area contributed by atoms with Gasteiger partial charge in [-0.05, 0) is 45.0 Å². The molecule has 1 aliphatic rings. The third-order valence-electron chi connectivity index (χ3n) is 4.19. The molecule has 1 fully saturated rings. The molecule has 21 heavy (non-hydrogen) atoms. The minimum absolute atomic E-state index is 0.148. The number of carbonyl (C=O) groups excluding carboxylic acids is 1. The van der Waals surface area contributed by atoms with Gasteiger partial charge in [0.25, 0.3) is 0 Å². The number of aromatic nitrogens is 2. The highest BCUT2D eigenvalue weighted by molar-refractivity contribution is 7.98. The van der Waals surface area contributed by atoms with Gasteiger partial charge in [-0.2, -0.15) is 0 Å². The molecule has 1 N–H and O–H groups in total. The highest BCUT2D eigenvalue weighted by Gasteiger charge is 2.18. The molecule has 1 atom stereocenters. The van der Waals surface area contributed by atoms with Crippen LogP contribution in [0.25, 0.3) is 0 Å². The van der Waals surface area contributed by atoms with Crippen LogP contribution in [0, 0.1) is 5.92 Å². The van der Waals surface area contributed by atoms with E-state index in [4.69, 9.17) is 0 Å². The monoisotopic (exact) mass is 310 g/mol. The van der Waals surface area contributed by atoms with Crippen molar-refractivity contribution in [1.29, 1.82) is 0 Å². The van der Waals surface area contributed by atoms with E-state index in [9.17, 15) is 4.79 Å². The average Bonchev–Trinajstić information content (AvgIpc) is 2.83. The van der Waals surface area contributed by atoms with E-state index in [1.807, 2.05) is 24.1 Å². The van der Waals surface area contributed by atoms with E-state index >= 15 is 0 Å². The number of likely N-dealkylation sites (tertiary alicyclic amines) is 1. The fourth-order valence-corrected chi connectivity index (χ4v) is 3.45. The predicted octanol–water partition coefficient (Wildman–Crippen LogP) is 1.88. The second kappa shape index (κ2) is 7.84. The Morgan fingerprint density at radius 1 is 1.52 bits per heavy atom. The van der Waals surface area contributed by atoms with Gasteiger partial charge in [-0.1, -0.05) is 11.8 Å². The highest BCUT2D eigenvalue weighted by atomic mass is 32.2. The van der Waals surface area contributed by atoms with Crippen LogP contribution in [0.1, 0.15) is 31.4 Å². The number of nitrogens with one attached hydrogen (secondary N) is 1. The normalized spacial score (nSPS) is 19.7. The Kier molecular flexibility index (Phi) is 6.11. The van der Waals surface area contributed by atoms with Crippen LogP contribution in [0.2, 0.25) is 0 Å². The molecule has 5 nitrogen and oxygen atoms in total. The number of nitrogens with zero attached hydrogens (tertiary/aromatic N) is 3. The highest BCUT2D eigenvalue weighted by Crippen LogP contribution is 2.19. The fourth-order valence-electron chi connectivity index (χ4n) is 2.90. The molecular weight excluding hydrogens is 284 g/mol. The van der Waals surface area contributed by atoms with Gasteiger partial charge in [-0.25, -0.2) is 4.98 Å². The first kappa shape index (κ1) is 16.4. The van der Waals surface area contributed by atoms with Crippen molar-refractivity contribution in [2.75, 3.05) is 26.4 Å². The van der Waals surface area contributed by atoms with E-state index in [1.165, 1.54) is 19.4 Å². The summed E-state index contributed by atoms with van der Waals surface area (Å²) in [5, 5.41) is 3.98. The molecule has 1 aromatic rings. The number of amides is 1. The van der Waals surface area contributed by atoms with E-state index in [0.717, 1.165) is 23.8 Å². The fraction of sp³-hybridized carbons (Fsp3) is 0.733. The summed E-state index contributed by atoms with van der Waals surface area (Å²) in [5.74, 6) is 0.824. The first-order valence-electron chi connectivity index (χ1n) is 7.60. The summed E-state index contributed by atoms with van der Waals surface area (Å²) in [7, 11) is 4.15. The van der Waals surface area contributed by atoms with Gasteiger partial charge in [0.05, 0.1) is 18.4 Å². The van der Waals surface area contributed by atoms with Crippen LogP contribution in [0.5, 0.6) is 0 Å². The predicted molar refractivity (Wildman–Crippen MR) is 86.3 cm³/mol. The number of piperidine rings is 1. The van der Waals surface area contributed by atoms with Crippen LogP contribution < -0.4 is 5.32 Å². The van der Waals surface area contributed by atoms with Crippen molar-refractivity contribution in [3.63, 3.8) is 0 Å². The molecule has 0 aliphatic carbocycles. The first-order chi connectivity index (χ1) is 10.1. The van der Waals surface area contributed by atoms with Crippen LogP contribution in [-0.4, -0.2) is 46.8 Å². The molecule has 0 aromatic carbocycles. The Morgan fingerprint density at radius 3 is 3.00 bits per heavy atom. The van der Waals surface area contributed by atoms with Gasteiger partial charge in [0.2, 0.25) is 5.91 Å². The molecule has 0 radical (unpaired) electrons. The molecule has 6 heteroatoms. The van der Waals surface area contributed by atoms with Crippen LogP contribution in [0.3, 0.4) is 0 Å². The standard InChI is InChI=1S/C15H26N4OS/c1-18-8-4-5-12(11-18)6-7-14(20)16-9-13-10-17-15(21-3)19(13)2/h10,12H,4-9,11H2,1-3H3,(H,16,20)/t12-/m1/s1. The van der Waals surface area contributed by atoms with E-state index in [0.29, 0.717) is 18.9 Å². The van der Waals surface area contributed by atoms with Crippen molar-refractivity contribution in [2.45, 2.75) is 37.4 Å². The molecule has 118 valence electrons. The Hall–Kier alpha value is -1.01. The zero-order valence-electron chi connectivity index (χ0n) is 13.3. The van der Waals surface area contributed by atoms with Crippen molar-refractivity contribution >= 4 is 17.7 Å². The molecule has 1 amide bonds. The minimum atomic E-state index is 0.148. The van der Waals surface area contributed by atoms with Gasteiger partial charge in [-0.15, -0.1) is 0 Å². The van der Waals surface area contributed by atoms with Gasteiger partial charge in [0.15, 0.2) is 5.16 Å². The molecule has 1 aliphatic heterocycles.